The fourth-order valence-electron chi connectivity index (χ4n) is 17.6. The fraction of sp³-hybridized carbons (Fsp3) is 0. The maximum Gasteiger partial charge on any atom is 0.187 e. The van der Waals surface area contributed by atoms with Crippen LogP contribution in [-0.4, -0.2) is 44.9 Å². The highest BCUT2D eigenvalue weighted by Gasteiger charge is 2.30. The van der Waals surface area contributed by atoms with Gasteiger partial charge in [0.1, 0.15) is 0 Å². The first-order chi connectivity index (χ1) is 69.3. The predicted octanol–water partition coefficient (Wildman–Crippen LogP) is 33.6. The highest BCUT2D eigenvalue weighted by atomic mass is 32.2. The lowest BCUT2D eigenvalue weighted by Crippen LogP contribution is -2.14. The quantitative estimate of drug-likeness (QED) is 0.0850. The maximum atomic E-state index is 7.26. The van der Waals surface area contributed by atoms with E-state index >= 15 is 0 Å². The van der Waals surface area contributed by atoms with Crippen LogP contribution in [0.3, 0.4) is 0 Å². The first-order valence-corrected chi connectivity index (χ1v) is 48.5. The molecule has 22 aromatic rings. The summed E-state index contributed by atoms with van der Waals surface area (Å²) in [5.41, 5.74) is 28.2. The van der Waals surface area contributed by atoms with Crippen LogP contribution >= 0.6 is 35.3 Å². The number of nitrogens with zero attached hydrogens (tertiary/aromatic N) is 13. The van der Waals surface area contributed by atoms with Gasteiger partial charge in [0.25, 0.3) is 0 Å². The van der Waals surface area contributed by atoms with Crippen molar-refractivity contribution < 1.29 is 0 Å². The molecule has 3 aliphatic rings. The van der Waals surface area contributed by atoms with Gasteiger partial charge in [0.15, 0.2) is 58.1 Å². The maximum absolute atomic E-state index is 7.26. The van der Waals surface area contributed by atoms with Crippen LogP contribution in [0, 0.1) is 6.57 Å². The Morgan fingerprint density at radius 2 is 0.314 bits per heavy atom. The van der Waals surface area contributed by atoms with E-state index in [1.165, 1.54) is 63.2 Å². The highest BCUT2D eigenvalue weighted by Crippen LogP contribution is 2.55. The van der Waals surface area contributed by atoms with Crippen LogP contribution in [0.25, 0.3) is 152 Å². The molecule has 13 nitrogen and oxygen atoms in total. The number of hydrogen-bond acceptors (Lipinski definition) is 15. The van der Waals surface area contributed by atoms with E-state index in [-0.39, 0.29) is 0 Å². The van der Waals surface area contributed by atoms with Gasteiger partial charge in [-0.3, -0.25) is 0 Å². The molecule has 0 spiro atoms. The number of fused-ring (bicyclic) bond motifs is 6. The van der Waals surface area contributed by atoms with Gasteiger partial charge in [0, 0.05) is 96.5 Å². The number of anilines is 9. The van der Waals surface area contributed by atoms with Crippen molar-refractivity contribution in [2.75, 3.05) is 14.7 Å². The van der Waals surface area contributed by atoms with Crippen molar-refractivity contribution in [1.82, 2.24) is 44.9 Å². The van der Waals surface area contributed by atoms with E-state index in [0.717, 1.165) is 112 Å². The molecule has 0 saturated carbocycles. The predicted molar refractivity (Wildman–Crippen MR) is 573 cm³/mol. The Morgan fingerprint density at radius 3 is 0.557 bits per heavy atom. The van der Waals surface area contributed by atoms with E-state index in [1.807, 2.05) is 90.3 Å². The van der Waals surface area contributed by atoms with Crippen LogP contribution in [0.4, 0.5) is 56.9 Å². The second-order valence-corrected chi connectivity index (χ2v) is 36.7. The molecule has 660 valence electrons. The Kier molecular flexibility index (Phi) is 24.2. The van der Waals surface area contributed by atoms with E-state index in [2.05, 4.69) is 432 Å². The summed E-state index contributed by atoms with van der Waals surface area (Å²) in [7, 11) is 0. The van der Waals surface area contributed by atoms with Crippen LogP contribution < -0.4 is 14.7 Å². The van der Waals surface area contributed by atoms with Crippen LogP contribution in [0.1, 0.15) is 0 Å². The third kappa shape index (κ3) is 18.2. The number of aromatic nitrogens is 9. The molecule has 0 unspecified atom stereocenters. The molecule has 0 fully saturated rings. The summed E-state index contributed by atoms with van der Waals surface area (Å²) in [5.74, 6) is 5.57. The van der Waals surface area contributed by atoms with Gasteiger partial charge in [-0.05, 0) is 202 Å². The van der Waals surface area contributed by atoms with Crippen LogP contribution in [0.2, 0.25) is 0 Å². The zero-order valence-corrected chi connectivity index (χ0v) is 77.8. The molecular formula is C124H81N13S3. The lowest BCUT2D eigenvalue weighted by molar-refractivity contribution is 1.07. The lowest BCUT2D eigenvalue weighted by Gasteiger charge is -2.32. The normalized spacial score (nSPS) is 11.9. The second kappa shape index (κ2) is 39.2. The molecule has 0 N–H and O–H groups in total. The summed E-state index contributed by atoms with van der Waals surface area (Å²) < 4.78 is 0. The number of hydrogen-bond donors (Lipinski definition) is 0. The largest absolute Gasteiger partial charge is 0.308 e. The summed E-state index contributed by atoms with van der Waals surface area (Å²) in [5, 5.41) is 0. The smallest absolute Gasteiger partial charge is 0.187 e. The standard InChI is InChI=1S/2C45H30N4S.C34H21N5S/c1-3-13-31(14-4-1)34-17-11-19-36(29-34)44-46-43(47-45(48-44)37-20-12-18-35(30-37)32-15-5-2-6-16-32)33-25-27-38(28-26-33)49-39-21-7-9-23-41(39)50-42-24-10-8-22-40(42)49;1-3-11-31(12-4-1)33-19-23-35(24-20-33)43-46-44(36-25-21-34(22-26-36)32-13-5-2-6-14-32)48-45(47-43)37-27-29-38(30-28-37)49-39-15-7-9-17-41(39)50-42-18-10-8-16-40(42)49;1-35-26-19-15-24(16-20-26)33-36-32(23-9-3-2-4-10-23)37-34(38-33)25-17-21-27(22-18-25)39-28-11-5-7-13-30(28)40-31-14-8-6-12-29(31)39/h2*1-30H;2-22H. The minimum absolute atomic E-state index is 0.570. The molecule has 25 rings (SSSR count). The topological polar surface area (TPSA) is 130 Å². The molecule has 0 atom stereocenters. The van der Waals surface area contributed by atoms with Crippen molar-refractivity contribution in [3.8, 4) is 147 Å². The zero-order chi connectivity index (χ0) is 93.4. The van der Waals surface area contributed by atoms with Crippen LogP contribution in [-0.2, 0) is 0 Å². The van der Waals surface area contributed by atoms with E-state index in [9.17, 15) is 0 Å². The van der Waals surface area contributed by atoms with Gasteiger partial charge < -0.3 is 14.7 Å². The molecule has 0 bridgehead atoms. The monoisotopic (exact) mass is 1850 g/mol. The van der Waals surface area contributed by atoms with E-state index in [0.29, 0.717) is 58.1 Å². The average Bonchev–Trinajstić information content (AvgIpc) is 0.762. The van der Waals surface area contributed by atoms with Crippen molar-refractivity contribution in [3.63, 3.8) is 0 Å². The molecule has 140 heavy (non-hydrogen) atoms. The van der Waals surface area contributed by atoms with Gasteiger partial charge in [-0.1, -0.05) is 369 Å². The summed E-state index contributed by atoms with van der Waals surface area (Å²) in [6.07, 6.45) is 0. The van der Waals surface area contributed by atoms with Crippen molar-refractivity contribution in [2.45, 2.75) is 29.4 Å². The number of benzene rings is 19. The molecule has 16 heteroatoms. The number of para-hydroxylation sites is 6. The Bertz CT molecular complexity index is 7980. The SMILES string of the molecule is [C-]#[N+]c1ccc(-c2nc(-c3ccccc3)nc(-c3ccc(N4c5ccccc5Sc5ccccc54)cc3)n2)cc1.c1ccc(-c2ccc(-c3nc(-c4ccc(-c5ccccc5)cc4)nc(-c4ccc(N5c6ccccc6Sc6ccccc65)cc4)n3)cc2)cc1.c1ccc(-c2cccc(-c3nc(-c4ccc(N5c6ccccc6Sc6ccccc65)cc4)nc(-c4cccc(-c5ccccc5)c4)n3)c2)cc1. The van der Waals surface area contributed by atoms with E-state index in [4.69, 9.17) is 51.4 Å². The molecule has 0 aliphatic carbocycles. The average molecular weight is 1850 g/mol. The van der Waals surface area contributed by atoms with Crippen molar-refractivity contribution >= 4 is 92.2 Å². The third-order valence-corrected chi connectivity index (χ3v) is 28.0. The molecule has 3 aliphatic heterocycles. The molecule has 3 aromatic heterocycles. The summed E-state index contributed by atoms with van der Waals surface area (Å²) in [6, 6.07) is 169. The molecule has 19 aromatic carbocycles. The molecule has 0 amide bonds. The van der Waals surface area contributed by atoms with Crippen LogP contribution in [0.15, 0.2) is 521 Å². The summed E-state index contributed by atoms with van der Waals surface area (Å²) in [4.78, 5) is 62.7. The molecule has 0 radical (unpaired) electrons. The molecule has 6 heterocycles. The minimum Gasteiger partial charge on any atom is -0.308 e. The highest BCUT2D eigenvalue weighted by molar-refractivity contribution is 8.00. The third-order valence-electron chi connectivity index (χ3n) is 24.6. The van der Waals surface area contributed by atoms with Crippen molar-refractivity contribution in [1.29, 1.82) is 0 Å². The number of rotatable bonds is 16. The van der Waals surface area contributed by atoms with Gasteiger partial charge in [-0.25, -0.2) is 49.7 Å². The molecule has 0 saturated heterocycles. The zero-order valence-electron chi connectivity index (χ0n) is 75.3. The van der Waals surface area contributed by atoms with Crippen molar-refractivity contribution in [3.05, 3.63) is 503 Å². The van der Waals surface area contributed by atoms with Gasteiger partial charge >= 0.3 is 0 Å². The van der Waals surface area contributed by atoms with Gasteiger partial charge in [0.2, 0.25) is 0 Å². The Hall–Kier alpha value is -17.9. The minimum atomic E-state index is 0.570. The summed E-state index contributed by atoms with van der Waals surface area (Å²) >= 11 is 5.42. The Balaban J connectivity index is 0.000000118. The summed E-state index contributed by atoms with van der Waals surface area (Å²) in [6.45, 7) is 7.26. The van der Waals surface area contributed by atoms with Crippen LogP contribution in [0.5, 0.6) is 0 Å². The van der Waals surface area contributed by atoms with Gasteiger partial charge in [-0.2, -0.15) is 0 Å². The Labute approximate surface area is 824 Å². The second-order valence-electron chi connectivity index (χ2n) is 33.5. The van der Waals surface area contributed by atoms with Gasteiger partial charge in [0.05, 0.1) is 40.7 Å². The first-order valence-electron chi connectivity index (χ1n) is 46.0. The van der Waals surface area contributed by atoms with E-state index in [1.54, 1.807) is 23.9 Å². The van der Waals surface area contributed by atoms with E-state index < -0.39 is 0 Å². The lowest BCUT2D eigenvalue weighted by atomic mass is 10.0. The molecular weight excluding hydrogens is 1770 g/mol. The Morgan fingerprint density at radius 1 is 0.150 bits per heavy atom. The van der Waals surface area contributed by atoms with Crippen molar-refractivity contribution in [2.24, 2.45) is 0 Å². The first kappa shape index (κ1) is 86.3. The fourth-order valence-corrected chi connectivity index (χ4v) is 20.8. The van der Waals surface area contributed by atoms with Gasteiger partial charge in [-0.15, -0.1) is 0 Å².